The average molecular weight is 158 g/mol. The van der Waals surface area contributed by atoms with Crippen molar-refractivity contribution in [2.75, 3.05) is 0 Å². The van der Waals surface area contributed by atoms with Crippen LogP contribution in [0.25, 0.3) is 0 Å². The van der Waals surface area contributed by atoms with Crippen molar-refractivity contribution < 1.29 is 4.39 Å². The molecule has 1 aliphatic rings. The number of nitrogens with zero attached hydrogens (tertiary/aromatic N) is 1. The van der Waals surface area contributed by atoms with Crippen LogP contribution in [0.4, 0.5) is 4.39 Å². The minimum Gasteiger partial charge on any atom is -0.206 e. The Morgan fingerprint density at radius 2 is 2.50 bits per heavy atom. The molecular weight excluding hydrogens is 153 g/mol. The quantitative estimate of drug-likeness (QED) is 0.530. The molecule has 0 N–H and O–H groups in total. The summed E-state index contributed by atoms with van der Waals surface area (Å²) in [4.78, 5) is 0. The van der Waals surface area contributed by atoms with Crippen molar-refractivity contribution in [1.29, 1.82) is 5.26 Å². The van der Waals surface area contributed by atoms with Crippen LogP contribution < -0.4 is 0 Å². The van der Waals surface area contributed by atoms with Crippen LogP contribution in [0, 0.1) is 17.2 Å². The van der Waals surface area contributed by atoms with Crippen molar-refractivity contribution in [1.82, 2.24) is 0 Å². The van der Waals surface area contributed by atoms with Crippen LogP contribution >= 0.6 is 11.6 Å². The molecule has 0 radical (unpaired) electrons. The van der Waals surface area contributed by atoms with Gasteiger partial charge in [-0.05, 0) is 18.6 Å². The van der Waals surface area contributed by atoms with Crippen LogP contribution in [0.2, 0.25) is 0 Å². The fourth-order valence-electron chi connectivity index (χ4n) is 0.742. The Kier molecular flexibility index (Phi) is 2.08. The first-order valence-corrected chi connectivity index (χ1v) is 3.25. The third-order valence-corrected chi connectivity index (χ3v) is 1.60. The highest BCUT2D eigenvalue weighted by Gasteiger charge is 2.12. The summed E-state index contributed by atoms with van der Waals surface area (Å²) in [6.45, 7) is 0. The van der Waals surface area contributed by atoms with E-state index < -0.39 is 5.83 Å². The molecule has 0 aromatic carbocycles. The zero-order valence-electron chi connectivity index (χ0n) is 5.14. The van der Waals surface area contributed by atoms with Crippen molar-refractivity contribution in [3.63, 3.8) is 0 Å². The Bertz CT molecular complexity index is 236. The van der Waals surface area contributed by atoms with Gasteiger partial charge >= 0.3 is 0 Å². The maximum atomic E-state index is 12.4. The number of hydrogen-bond donors (Lipinski definition) is 0. The molecule has 0 aromatic rings. The summed E-state index contributed by atoms with van der Waals surface area (Å²) in [6, 6.07) is 1.98. The minimum atomic E-state index is -0.423. The lowest BCUT2D eigenvalue weighted by atomic mass is 10.0. The molecule has 0 fully saturated rings. The SMILES string of the molecule is N#CC1C=C(Cl)C(F)=CC1. The lowest BCUT2D eigenvalue weighted by Crippen LogP contribution is -1.96. The van der Waals surface area contributed by atoms with Gasteiger partial charge in [0.1, 0.15) is 5.83 Å². The zero-order valence-corrected chi connectivity index (χ0v) is 5.90. The average Bonchev–Trinajstić information content (AvgIpc) is 1.95. The molecule has 0 amide bonds. The maximum Gasteiger partial charge on any atom is 0.137 e. The van der Waals surface area contributed by atoms with Gasteiger partial charge in [0.15, 0.2) is 0 Å². The maximum absolute atomic E-state index is 12.4. The normalized spacial score (nSPS) is 24.7. The summed E-state index contributed by atoms with van der Waals surface area (Å²) in [5.41, 5.74) is 0. The number of halogens is 2. The van der Waals surface area contributed by atoms with E-state index in [2.05, 4.69) is 0 Å². The second-order valence-electron chi connectivity index (χ2n) is 2.04. The van der Waals surface area contributed by atoms with Gasteiger partial charge in [0, 0.05) is 0 Å². The van der Waals surface area contributed by atoms with Crippen molar-refractivity contribution in [2.45, 2.75) is 6.42 Å². The largest absolute Gasteiger partial charge is 0.206 e. The molecule has 1 rings (SSSR count). The molecule has 3 heteroatoms. The Labute approximate surface area is 63.4 Å². The summed E-state index contributed by atoms with van der Waals surface area (Å²) in [5, 5.41) is 8.44. The van der Waals surface area contributed by atoms with Gasteiger partial charge in [-0.3, -0.25) is 0 Å². The summed E-state index contributed by atoms with van der Waals surface area (Å²) in [6.07, 6.45) is 3.19. The summed E-state index contributed by atoms with van der Waals surface area (Å²) in [7, 11) is 0. The van der Waals surface area contributed by atoms with Crippen molar-refractivity contribution >= 4 is 11.6 Å². The highest BCUT2D eigenvalue weighted by molar-refractivity contribution is 6.31. The predicted molar refractivity (Wildman–Crippen MR) is 36.8 cm³/mol. The number of hydrogen-bond acceptors (Lipinski definition) is 1. The van der Waals surface area contributed by atoms with Gasteiger partial charge < -0.3 is 0 Å². The molecule has 0 aromatic heterocycles. The highest BCUT2D eigenvalue weighted by atomic mass is 35.5. The summed E-state index contributed by atoms with van der Waals surface area (Å²) >= 11 is 5.41. The van der Waals surface area contributed by atoms with E-state index >= 15 is 0 Å². The topological polar surface area (TPSA) is 23.8 Å². The van der Waals surface area contributed by atoms with Gasteiger partial charge in [-0.25, -0.2) is 4.39 Å². The molecule has 1 nitrogen and oxygen atoms in total. The first-order valence-electron chi connectivity index (χ1n) is 2.87. The summed E-state index contributed by atoms with van der Waals surface area (Å²) in [5.74, 6) is -0.680. The van der Waals surface area contributed by atoms with Crippen molar-refractivity contribution in [3.8, 4) is 6.07 Å². The van der Waals surface area contributed by atoms with Gasteiger partial charge in [-0.15, -0.1) is 0 Å². The molecule has 0 saturated heterocycles. The van der Waals surface area contributed by atoms with E-state index in [9.17, 15) is 4.39 Å². The van der Waals surface area contributed by atoms with Crippen LogP contribution in [0.15, 0.2) is 23.0 Å². The highest BCUT2D eigenvalue weighted by Crippen LogP contribution is 2.25. The first kappa shape index (κ1) is 7.30. The van der Waals surface area contributed by atoms with Crippen molar-refractivity contribution in [2.24, 2.45) is 5.92 Å². The first-order chi connectivity index (χ1) is 4.74. The van der Waals surface area contributed by atoms with E-state index in [1.165, 1.54) is 12.2 Å². The van der Waals surface area contributed by atoms with E-state index in [-0.39, 0.29) is 11.0 Å². The molecule has 52 valence electrons. The Morgan fingerprint density at radius 1 is 1.80 bits per heavy atom. The van der Waals surface area contributed by atoms with Gasteiger partial charge in [-0.1, -0.05) is 11.6 Å². The lowest BCUT2D eigenvalue weighted by Gasteiger charge is -2.06. The van der Waals surface area contributed by atoms with Crippen LogP contribution in [-0.4, -0.2) is 0 Å². The van der Waals surface area contributed by atoms with Gasteiger partial charge in [0.05, 0.1) is 17.0 Å². The Balaban J connectivity index is 2.78. The molecule has 1 aliphatic carbocycles. The summed E-state index contributed by atoms with van der Waals surface area (Å²) < 4.78 is 12.4. The second-order valence-corrected chi connectivity index (χ2v) is 2.45. The smallest absolute Gasteiger partial charge is 0.137 e. The van der Waals surface area contributed by atoms with E-state index in [1.54, 1.807) is 0 Å². The molecule has 10 heavy (non-hydrogen) atoms. The molecule has 0 bridgehead atoms. The zero-order chi connectivity index (χ0) is 7.56. The Hall–Kier alpha value is -0.810. The van der Waals surface area contributed by atoms with Crippen LogP contribution in [0.3, 0.4) is 0 Å². The standard InChI is InChI=1S/C7H5ClFN/c8-6-3-5(4-10)1-2-7(6)9/h2-3,5H,1H2. The van der Waals surface area contributed by atoms with Crippen LogP contribution in [-0.2, 0) is 0 Å². The number of nitriles is 1. The third-order valence-electron chi connectivity index (χ3n) is 1.29. The van der Waals surface area contributed by atoms with E-state index in [0.29, 0.717) is 6.42 Å². The predicted octanol–water partition coefficient (Wildman–Crippen LogP) is 2.51. The monoisotopic (exact) mass is 157 g/mol. The number of rotatable bonds is 0. The van der Waals surface area contributed by atoms with Gasteiger partial charge in [0.2, 0.25) is 0 Å². The Morgan fingerprint density at radius 3 is 3.00 bits per heavy atom. The molecule has 1 atom stereocenters. The van der Waals surface area contributed by atoms with E-state index in [4.69, 9.17) is 16.9 Å². The molecule has 0 heterocycles. The molecular formula is C7H5ClFN. The fraction of sp³-hybridized carbons (Fsp3) is 0.286. The van der Waals surface area contributed by atoms with Gasteiger partial charge in [0.25, 0.3) is 0 Å². The number of allylic oxidation sites excluding steroid dienone is 4. The fourth-order valence-corrected chi connectivity index (χ4v) is 0.971. The molecule has 0 saturated carbocycles. The second kappa shape index (κ2) is 2.85. The van der Waals surface area contributed by atoms with Gasteiger partial charge in [-0.2, -0.15) is 5.26 Å². The molecule has 0 aliphatic heterocycles. The van der Waals surface area contributed by atoms with Crippen LogP contribution in [0.5, 0.6) is 0 Å². The van der Waals surface area contributed by atoms with Crippen molar-refractivity contribution in [3.05, 3.63) is 23.0 Å². The third kappa shape index (κ3) is 1.37. The lowest BCUT2D eigenvalue weighted by molar-refractivity contribution is 0.635. The minimum absolute atomic E-state index is 0.0535. The van der Waals surface area contributed by atoms with E-state index in [0.717, 1.165) is 0 Å². The van der Waals surface area contributed by atoms with E-state index in [1.807, 2.05) is 6.07 Å². The molecule has 0 spiro atoms. The molecule has 1 unspecified atom stereocenters. The van der Waals surface area contributed by atoms with Crippen LogP contribution in [0.1, 0.15) is 6.42 Å².